The lowest BCUT2D eigenvalue weighted by atomic mass is 9.93. The molecule has 0 atom stereocenters. The Kier molecular flexibility index (Phi) is 6.41. The first-order valence-electron chi connectivity index (χ1n) is 12.0. The Morgan fingerprint density at radius 2 is 1.44 bits per heavy atom. The van der Waals surface area contributed by atoms with Crippen LogP contribution >= 0.6 is 0 Å². The molecule has 32 heavy (non-hydrogen) atoms. The van der Waals surface area contributed by atoms with Gasteiger partial charge in [-0.05, 0) is 37.9 Å². The van der Waals surface area contributed by atoms with Gasteiger partial charge in [0.05, 0.1) is 24.2 Å². The maximum absolute atomic E-state index is 12.8. The molecule has 0 N–H and O–H groups in total. The van der Waals surface area contributed by atoms with E-state index in [9.17, 15) is 4.79 Å². The summed E-state index contributed by atoms with van der Waals surface area (Å²) in [4.78, 5) is 31.9. The average Bonchev–Trinajstić information content (AvgIpc) is 2.84. The monoisotopic (exact) mass is 438 g/mol. The zero-order chi connectivity index (χ0) is 21.9. The molecule has 4 heterocycles. The van der Waals surface area contributed by atoms with Gasteiger partial charge in [0.1, 0.15) is 0 Å². The molecule has 3 aliphatic rings. The number of amides is 1. The first kappa shape index (κ1) is 21.4. The van der Waals surface area contributed by atoms with Crippen molar-refractivity contribution in [3.8, 4) is 0 Å². The third-order valence-electron chi connectivity index (χ3n) is 7.08. The number of piperidine rings is 1. The van der Waals surface area contributed by atoms with Crippen LogP contribution in [0.5, 0.6) is 0 Å². The molecule has 0 bridgehead atoms. The van der Waals surface area contributed by atoms with Gasteiger partial charge in [0.2, 0.25) is 5.91 Å². The number of hydrogen-bond acceptors (Lipinski definition) is 7. The Labute approximate surface area is 190 Å². The van der Waals surface area contributed by atoms with Crippen LogP contribution in [0.15, 0.2) is 24.3 Å². The summed E-state index contributed by atoms with van der Waals surface area (Å²) in [6.07, 6.45) is 2.73. The molecule has 172 valence electrons. The van der Waals surface area contributed by atoms with Gasteiger partial charge >= 0.3 is 0 Å². The van der Waals surface area contributed by atoms with E-state index >= 15 is 0 Å². The Morgan fingerprint density at radius 1 is 0.875 bits per heavy atom. The third kappa shape index (κ3) is 4.66. The van der Waals surface area contributed by atoms with Crippen LogP contribution in [0, 0.1) is 5.92 Å². The van der Waals surface area contributed by atoms with Gasteiger partial charge in [-0.2, -0.15) is 0 Å². The summed E-state index contributed by atoms with van der Waals surface area (Å²) in [5, 5.41) is 0. The standard InChI is InChI=1S/C24H34N6O2/c1-27-10-12-28(13-11-27)22(31)18-19-6-8-29(9-7-19)23-24(30-14-16-32-17-15-30)26-21-5-3-2-4-20(21)25-23/h2-5,19H,6-18H2,1H3. The van der Waals surface area contributed by atoms with Gasteiger partial charge in [0.25, 0.3) is 0 Å². The highest BCUT2D eigenvalue weighted by Gasteiger charge is 2.29. The van der Waals surface area contributed by atoms with E-state index in [-0.39, 0.29) is 0 Å². The number of aromatic nitrogens is 2. The second-order valence-electron chi connectivity index (χ2n) is 9.28. The van der Waals surface area contributed by atoms with Crippen LogP contribution in [0.3, 0.4) is 0 Å². The van der Waals surface area contributed by atoms with Gasteiger partial charge in [-0.1, -0.05) is 12.1 Å². The molecule has 8 nitrogen and oxygen atoms in total. The number of hydrogen-bond donors (Lipinski definition) is 0. The largest absolute Gasteiger partial charge is 0.378 e. The molecule has 0 unspecified atom stereocenters. The number of benzene rings is 1. The van der Waals surface area contributed by atoms with E-state index < -0.39 is 0 Å². The van der Waals surface area contributed by atoms with Crippen molar-refractivity contribution in [2.45, 2.75) is 19.3 Å². The van der Waals surface area contributed by atoms with Crippen molar-refractivity contribution >= 4 is 28.6 Å². The van der Waals surface area contributed by atoms with Crippen molar-refractivity contribution in [3.05, 3.63) is 24.3 Å². The second-order valence-corrected chi connectivity index (χ2v) is 9.28. The number of ether oxygens (including phenoxy) is 1. The van der Waals surface area contributed by atoms with Gasteiger partial charge in [-0.25, -0.2) is 9.97 Å². The van der Waals surface area contributed by atoms with E-state index in [2.05, 4.69) is 26.6 Å². The molecule has 5 rings (SSSR count). The number of anilines is 2. The van der Waals surface area contributed by atoms with Crippen molar-refractivity contribution in [1.82, 2.24) is 19.8 Å². The Hall–Kier alpha value is -2.45. The van der Waals surface area contributed by atoms with Crippen LogP contribution in [-0.2, 0) is 9.53 Å². The average molecular weight is 439 g/mol. The van der Waals surface area contributed by atoms with Gasteiger partial charge in [-0.15, -0.1) is 0 Å². The molecule has 3 fully saturated rings. The molecule has 0 saturated carbocycles. The first-order chi connectivity index (χ1) is 15.7. The summed E-state index contributed by atoms with van der Waals surface area (Å²) in [5.74, 6) is 2.74. The van der Waals surface area contributed by atoms with E-state index in [1.807, 2.05) is 24.3 Å². The van der Waals surface area contributed by atoms with Crippen LogP contribution < -0.4 is 9.80 Å². The summed E-state index contributed by atoms with van der Waals surface area (Å²) in [6.45, 7) is 8.68. The number of nitrogens with zero attached hydrogens (tertiary/aromatic N) is 6. The maximum atomic E-state index is 12.8. The van der Waals surface area contributed by atoms with E-state index in [1.165, 1.54) is 0 Å². The molecule has 2 aromatic rings. The topological polar surface area (TPSA) is 65.0 Å². The van der Waals surface area contributed by atoms with Crippen molar-refractivity contribution in [3.63, 3.8) is 0 Å². The zero-order valence-corrected chi connectivity index (χ0v) is 19.1. The number of rotatable bonds is 4. The van der Waals surface area contributed by atoms with E-state index in [4.69, 9.17) is 14.7 Å². The predicted octanol–water partition coefficient (Wildman–Crippen LogP) is 1.85. The summed E-state index contributed by atoms with van der Waals surface area (Å²) < 4.78 is 5.56. The lowest BCUT2D eigenvalue weighted by molar-refractivity contribution is -0.133. The Bertz CT molecular complexity index is 931. The molecule has 3 aliphatic heterocycles. The minimum Gasteiger partial charge on any atom is -0.378 e. The number of carbonyl (C=O) groups is 1. The number of para-hydroxylation sites is 2. The highest BCUT2D eigenvalue weighted by Crippen LogP contribution is 2.32. The third-order valence-corrected chi connectivity index (χ3v) is 7.08. The summed E-state index contributed by atoms with van der Waals surface area (Å²) in [7, 11) is 2.12. The van der Waals surface area contributed by atoms with Gasteiger partial charge in [0.15, 0.2) is 11.6 Å². The zero-order valence-electron chi connectivity index (χ0n) is 19.1. The lowest BCUT2D eigenvalue weighted by Gasteiger charge is -2.37. The van der Waals surface area contributed by atoms with Gasteiger partial charge in [-0.3, -0.25) is 4.79 Å². The molecule has 0 radical (unpaired) electrons. The fraction of sp³-hybridized carbons (Fsp3) is 0.625. The highest BCUT2D eigenvalue weighted by atomic mass is 16.5. The van der Waals surface area contributed by atoms with Gasteiger partial charge in [0, 0.05) is 58.8 Å². The van der Waals surface area contributed by atoms with Crippen molar-refractivity contribution in [2.24, 2.45) is 5.92 Å². The molecule has 0 aliphatic carbocycles. The Morgan fingerprint density at radius 3 is 2.03 bits per heavy atom. The number of likely N-dealkylation sites (N-methyl/N-ethyl adjacent to an activating group) is 1. The molecule has 1 aromatic heterocycles. The second kappa shape index (κ2) is 9.58. The number of fused-ring (bicyclic) bond motifs is 1. The molecule has 3 saturated heterocycles. The molecular formula is C24H34N6O2. The molecule has 1 aromatic carbocycles. The van der Waals surface area contributed by atoms with Crippen LogP contribution in [-0.4, -0.2) is 98.3 Å². The maximum Gasteiger partial charge on any atom is 0.222 e. The Balaban J connectivity index is 1.27. The van der Waals surface area contributed by atoms with Crippen LogP contribution in [0.1, 0.15) is 19.3 Å². The minimum absolute atomic E-state index is 0.330. The smallest absolute Gasteiger partial charge is 0.222 e. The minimum atomic E-state index is 0.330. The lowest BCUT2D eigenvalue weighted by Crippen LogP contribution is -2.48. The van der Waals surface area contributed by atoms with E-state index in [1.54, 1.807) is 0 Å². The summed E-state index contributed by atoms with van der Waals surface area (Å²) >= 11 is 0. The first-order valence-corrected chi connectivity index (χ1v) is 12.0. The predicted molar refractivity (Wildman–Crippen MR) is 126 cm³/mol. The quantitative estimate of drug-likeness (QED) is 0.722. The molecule has 1 amide bonds. The fourth-order valence-corrected chi connectivity index (χ4v) is 4.96. The van der Waals surface area contributed by atoms with Crippen LogP contribution in [0.25, 0.3) is 11.0 Å². The van der Waals surface area contributed by atoms with Gasteiger partial charge < -0.3 is 24.3 Å². The van der Waals surface area contributed by atoms with Crippen LogP contribution in [0.4, 0.5) is 11.6 Å². The highest BCUT2D eigenvalue weighted by molar-refractivity contribution is 5.81. The van der Waals surface area contributed by atoms with Crippen molar-refractivity contribution < 1.29 is 9.53 Å². The van der Waals surface area contributed by atoms with E-state index in [0.29, 0.717) is 18.2 Å². The fourth-order valence-electron chi connectivity index (χ4n) is 4.96. The molecule has 8 heteroatoms. The normalized spacial score (nSPS) is 21.3. The SMILES string of the molecule is CN1CCN(C(=O)CC2CCN(c3nc4ccccc4nc3N3CCOCC3)CC2)CC1. The van der Waals surface area contributed by atoms with E-state index in [0.717, 1.165) is 101 Å². The number of piperazine rings is 1. The van der Waals surface area contributed by atoms with Crippen molar-refractivity contribution in [1.29, 1.82) is 0 Å². The number of carbonyl (C=O) groups excluding carboxylic acids is 1. The summed E-state index contributed by atoms with van der Waals surface area (Å²) in [5.41, 5.74) is 1.87. The molecule has 0 spiro atoms. The van der Waals surface area contributed by atoms with Crippen molar-refractivity contribution in [2.75, 3.05) is 82.4 Å². The summed E-state index contributed by atoms with van der Waals surface area (Å²) in [6, 6.07) is 8.11. The number of morpholine rings is 1. The molecular weight excluding hydrogens is 404 g/mol. The van der Waals surface area contributed by atoms with Crippen LogP contribution in [0.2, 0.25) is 0 Å².